The van der Waals surface area contributed by atoms with Crippen molar-refractivity contribution in [2.75, 3.05) is 0 Å². The molecule has 0 aliphatic heterocycles. The van der Waals surface area contributed by atoms with E-state index in [1.807, 2.05) is 0 Å². The van der Waals surface area contributed by atoms with Gasteiger partial charge in [-0.1, -0.05) is 24.6 Å². The molecule has 0 saturated heterocycles. The summed E-state index contributed by atoms with van der Waals surface area (Å²) in [6, 6.07) is 6.64. The Morgan fingerprint density at radius 2 is 1.70 bits per heavy atom. The molecule has 0 radical (unpaired) electrons. The third-order valence-electron chi connectivity index (χ3n) is 9.90. The van der Waals surface area contributed by atoms with E-state index in [0.717, 1.165) is 11.1 Å². The average molecular weight is 527 g/mol. The molecule has 4 nitrogen and oxygen atoms in total. The number of hydrogen-bond acceptors (Lipinski definition) is 4. The summed E-state index contributed by atoms with van der Waals surface area (Å²) in [5.74, 6) is -6.46. The fraction of sp³-hybridized carbons (Fsp3) is 0.643. The molecule has 1 N–H and O–H groups in total. The molecule has 1 aromatic carbocycles. The highest BCUT2D eigenvalue weighted by molar-refractivity contribution is 5.91. The first kappa shape index (κ1) is 26.3. The second kappa shape index (κ2) is 8.61. The quantitative estimate of drug-likeness (QED) is 0.282. The Morgan fingerprint density at radius 1 is 1.03 bits per heavy atom. The zero-order chi connectivity index (χ0) is 27.0. The predicted octanol–water partition coefficient (Wildman–Crippen LogP) is 6.38. The molecule has 0 aromatic heterocycles. The van der Waals surface area contributed by atoms with Crippen molar-refractivity contribution in [1.29, 1.82) is 0 Å². The largest absolute Gasteiger partial charge is 0.456 e. The fourth-order valence-electron chi connectivity index (χ4n) is 8.35. The van der Waals surface area contributed by atoms with E-state index in [0.29, 0.717) is 31.4 Å². The van der Waals surface area contributed by atoms with E-state index in [4.69, 9.17) is 4.74 Å². The molecular weight excluding hydrogens is 495 g/mol. The van der Waals surface area contributed by atoms with E-state index in [9.17, 15) is 27.9 Å². The lowest BCUT2D eigenvalue weighted by Crippen LogP contribution is -2.66. The normalized spacial score (nSPS) is 37.8. The molecule has 202 valence electrons. The van der Waals surface area contributed by atoms with Gasteiger partial charge in [0.2, 0.25) is 0 Å². The maximum absolute atomic E-state index is 15.0. The minimum atomic E-state index is -5.87. The molecule has 0 heterocycles. The van der Waals surface area contributed by atoms with Crippen LogP contribution in [0.4, 0.5) is 22.0 Å². The summed E-state index contributed by atoms with van der Waals surface area (Å²) in [6.07, 6.45) is -2.53. The first-order chi connectivity index (χ1) is 17.2. The van der Waals surface area contributed by atoms with Gasteiger partial charge >= 0.3 is 18.1 Å². The fourth-order valence-corrected chi connectivity index (χ4v) is 8.35. The Kier molecular flexibility index (Phi) is 6.13. The van der Waals surface area contributed by atoms with Crippen molar-refractivity contribution in [3.05, 3.63) is 41.5 Å². The first-order valence-electron chi connectivity index (χ1n) is 12.9. The van der Waals surface area contributed by atoms with Crippen LogP contribution in [-0.4, -0.2) is 34.6 Å². The monoisotopic (exact) mass is 526 g/mol. The standard InChI is InChI=1S/C28H31F5O4/c1-15(34)37-19-7-3-16(4-8-19)22-14-25(2)23(11-12-26(25,36)27(29,30)28(31,32)33)21-9-5-17-13-18(35)6-10-20(17)24(21)22/h3-4,7-8,13,20-24,36H,5-6,9-12,14H2,1-2H3/t20-,21-,22?,23-,24+,25-,26?/m0/s1. The molecule has 5 rings (SSSR count). The number of ketones is 1. The van der Waals surface area contributed by atoms with E-state index >= 15 is 8.78 Å². The predicted molar refractivity (Wildman–Crippen MR) is 124 cm³/mol. The van der Waals surface area contributed by atoms with Crippen LogP contribution in [0.15, 0.2) is 35.9 Å². The van der Waals surface area contributed by atoms with Gasteiger partial charge in [0.05, 0.1) is 0 Å². The number of hydrogen-bond donors (Lipinski definition) is 1. The van der Waals surface area contributed by atoms with E-state index < -0.39 is 47.3 Å². The molecular formula is C28H31F5O4. The van der Waals surface area contributed by atoms with Crippen LogP contribution in [0.3, 0.4) is 0 Å². The molecule has 0 bridgehead atoms. The number of aliphatic hydroxyl groups is 1. The van der Waals surface area contributed by atoms with E-state index in [1.165, 1.54) is 13.8 Å². The Bertz CT molecular complexity index is 1130. The number of rotatable bonds is 3. The summed E-state index contributed by atoms with van der Waals surface area (Å²) in [7, 11) is 0. The summed E-state index contributed by atoms with van der Waals surface area (Å²) < 4.78 is 76.0. The van der Waals surface area contributed by atoms with Crippen molar-refractivity contribution in [2.24, 2.45) is 29.1 Å². The topological polar surface area (TPSA) is 63.6 Å². The van der Waals surface area contributed by atoms with Gasteiger partial charge in [0.1, 0.15) is 11.4 Å². The molecule has 0 spiro atoms. The van der Waals surface area contributed by atoms with Crippen molar-refractivity contribution >= 4 is 11.8 Å². The molecule has 1 aromatic rings. The van der Waals surface area contributed by atoms with Gasteiger partial charge in [0.25, 0.3) is 0 Å². The zero-order valence-corrected chi connectivity index (χ0v) is 20.8. The van der Waals surface area contributed by atoms with Gasteiger partial charge in [0, 0.05) is 18.8 Å². The van der Waals surface area contributed by atoms with Crippen LogP contribution in [-0.2, 0) is 9.59 Å². The SMILES string of the molecule is CC(=O)Oc1ccc(C2C[C@@]3(C)[C@@H](CCC3(O)C(F)(F)C(F)(F)F)[C@@H]3CCC4=CC(=O)CC[C@@H]4[C@@H]23)cc1. The number of alkyl halides is 5. The van der Waals surface area contributed by atoms with E-state index in [1.54, 1.807) is 30.3 Å². The van der Waals surface area contributed by atoms with Crippen molar-refractivity contribution in [2.45, 2.75) is 82.4 Å². The lowest BCUT2D eigenvalue weighted by molar-refractivity contribution is -0.364. The second-order valence-electron chi connectivity index (χ2n) is 11.6. The summed E-state index contributed by atoms with van der Waals surface area (Å²) in [6.45, 7) is 2.68. The van der Waals surface area contributed by atoms with Crippen LogP contribution in [0, 0.1) is 29.1 Å². The highest BCUT2D eigenvalue weighted by Crippen LogP contribution is 2.71. The molecule has 37 heavy (non-hydrogen) atoms. The summed E-state index contributed by atoms with van der Waals surface area (Å²) >= 11 is 0. The van der Waals surface area contributed by atoms with Gasteiger partial charge in [0.15, 0.2) is 5.78 Å². The second-order valence-corrected chi connectivity index (χ2v) is 11.6. The van der Waals surface area contributed by atoms with Gasteiger partial charge in [-0.25, -0.2) is 0 Å². The van der Waals surface area contributed by atoms with E-state index in [-0.39, 0.29) is 36.4 Å². The summed E-state index contributed by atoms with van der Waals surface area (Å²) in [5.41, 5.74) is -3.11. The van der Waals surface area contributed by atoms with Gasteiger partial charge < -0.3 is 9.84 Å². The number of ether oxygens (including phenoxy) is 1. The molecule has 0 amide bonds. The minimum Gasteiger partial charge on any atom is -0.427 e. The lowest BCUT2D eigenvalue weighted by Gasteiger charge is -2.59. The Morgan fingerprint density at radius 3 is 2.32 bits per heavy atom. The first-order valence-corrected chi connectivity index (χ1v) is 12.9. The van der Waals surface area contributed by atoms with Crippen molar-refractivity contribution in [1.82, 2.24) is 0 Å². The number of carbonyl (C=O) groups excluding carboxylic acids is 2. The van der Waals surface area contributed by atoms with Gasteiger partial charge in [-0.3, -0.25) is 9.59 Å². The summed E-state index contributed by atoms with van der Waals surface area (Å²) in [5, 5.41) is 11.3. The Hall–Kier alpha value is -2.29. The minimum absolute atomic E-state index is 0.0361. The lowest BCUT2D eigenvalue weighted by atomic mass is 9.46. The third kappa shape index (κ3) is 3.86. The van der Waals surface area contributed by atoms with Crippen LogP contribution in [0.1, 0.15) is 70.3 Å². The number of allylic oxidation sites excluding steroid dienone is 1. The number of benzene rings is 1. The van der Waals surface area contributed by atoms with Crippen molar-refractivity contribution in [3.8, 4) is 5.75 Å². The third-order valence-corrected chi connectivity index (χ3v) is 9.90. The summed E-state index contributed by atoms with van der Waals surface area (Å²) in [4.78, 5) is 23.5. The van der Waals surface area contributed by atoms with Gasteiger partial charge in [-0.15, -0.1) is 0 Å². The molecule has 4 aliphatic rings. The van der Waals surface area contributed by atoms with E-state index in [2.05, 4.69) is 0 Å². The Balaban J connectivity index is 1.61. The highest BCUT2D eigenvalue weighted by Gasteiger charge is 2.79. The average Bonchev–Trinajstić information content (AvgIpc) is 3.09. The number of fused-ring (bicyclic) bond motifs is 5. The molecule has 3 fully saturated rings. The molecule has 2 unspecified atom stereocenters. The maximum atomic E-state index is 15.0. The van der Waals surface area contributed by atoms with Gasteiger partial charge in [-0.2, -0.15) is 22.0 Å². The van der Waals surface area contributed by atoms with Crippen molar-refractivity contribution < 1.29 is 41.4 Å². The number of halogens is 5. The maximum Gasteiger partial charge on any atom is 0.456 e. The molecule has 7 atom stereocenters. The van der Waals surface area contributed by atoms with Crippen LogP contribution in [0.25, 0.3) is 0 Å². The van der Waals surface area contributed by atoms with Crippen molar-refractivity contribution in [3.63, 3.8) is 0 Å². The Labute approximate surface area is 212 Å². The molecule has 3 saturated carbocycles. The van der Waals surface area contributed by atoms with Crippen LogP contribution >= 0.6 is 0 Å². The smallest absolute Gasteiger partial charge is 0.427 e. The molecule has 4 aliphatic carbocycles. The zero-order valence-electron chi connectivity index (χ0n) is 20.8. The van der Waals surface area contributed by atoms with Crippen LogP contribution in [0.5, 0.6) is 5.75 Å². The highest BCUT2D eigenvalue weighted by atomic mass is 19.4. The number of esters is 1. The van der Waals surface area contributed by atoms with Crippen LogP contribution < -0.4 is 4.74 Å². The van der Waals surface area contributed by atoms with Gasteiger partial charge in [-0.05, 0) is 91.9 Å². The molecule has 9 heteroatoms. The number of carbonyl (C=O) groups is 2. The van der Waals surface area contributed by atoms with Crippen LogP contribution in [0.2, 0.25) is 0 Å².